The number of aliphatic hydroxyl groups is 1. The van der Waals surface area contributed by atoms with Gasteiger partial charge < -0.3 is 10.8 Å². The van der Waals surface area contributed by atoms with Gasteiger partial charge in [-0.05, 0) is 24.6 Å². The van der Waals surface area contributed by atoms with Crippen LogP contribution in [0.4, 0.5) is 13.2 Å². The van der Waals surface area contributed by atoms with Crippen LogP contribution in [0.1, 0.15) is 18.1 Å². The monoisotopic (exact) mass is 244 g/mol. The van der Waals surface area contributed by atoms with Crippen molar-refractivity contribution in [2.75, 3.05) is 0 Å². The SMILES string of the molecule is CC(N)C(O)(c1cccc(C#N)c1)C(F)(F)F. The van der Waals surface area contributed by atoms with E-state index in [1.165, 1.54) is 12.1 Å². The maximum absolute atomic E-state index is 12.9. The lowest BCUT2D eigenvalue weighted by atomic mass is 9.86. The van der Waals surface area contributed by atoms with Crippen LogP contribution >= 0.6 is 0 Å². The van der Waals surface area contributed by atoms with Crippen LogP contribution in [0.5, 0.6) is 0 Å². The average molecular weight is 244 g/mol. The lowest BCUT2D eigenvalue weighted by molar-refractivity contribution is -0.272. The van der Waals surface area contributed by atoms with Crippen molar-refractivity contribution in [2.45, 2.75) is 24.7 Å². The van der Waals surface area contributed by atoms with Gasteiger partial charge in [-0.2, -0.15) is 18.4 Å². The summed E-state index contributed by atoms with van der Waals surface area (Å²) >= 11 is 0. The van der Waals surface area contributed by atoms with E-state index < -0.39 is 23.4 Å². The molecule has 92 valence electrons. The quantitative estimate of drug-likeness (QED) is 0.831. The Hall–Kier alpha value is -1.58. The van der Waals surface area contributed by atoms with Gasteiger partial charge in [-0.3, -0.25) is 0 Å². The van der Waals surface area contributed by atoms with Gasteiger partial charge >= 0.3 is 6.18 Å². The third-order valence-electron chi connectivity index (χ3n) is 2.52. The molecule has 0 amide bonds. The molecule has 1 aromatic carbocycles. The Bertz CT molecular complexity index is 451. The molecule has 6 heteroatoms. The molecule has 0 saturated carbocycles. The Morgan fingerprint density at radius 3 is 2.41 bits per heavy atom. The van der Waals surface area contributed by atoms with Crippen molar-refractivity contribution in [3.63, 3.8) is 0 Å². The van der Waals surface area contributed by atoms with Crippen molar-refractivity contribution in [1.82, 2.24) is 0 Å². The summed E-state index contributed by atoms with van der Waals surface area (Å²) in [6, 6.07) is 4.86. The first kappa shape index (κ1) is 13.5. The van der Waals surface area contributed by atoms with Crippen LogP contribution in [0, 0.1) is 11.3 Å². The minimum atomic E-state index is -4.91. The minimum Gasteiger partial charge on any atom is -0.375 e. The normalized spacial score (nSPS) is 17.0. The predicted molar refractivity (Wildman–Crippen MR) is 54.8 cm³/mol. The lowest BCUT2D eigenvalue weighted by Gasteiger charge is -2.34. The van der Waals surface area contributed by atoms with E-state index in [9.17, 15) is 18.3 Å². The van der Waals surface area contributed by atoms with E-state index in [1.54, 1.807) is 6.07 Å². The van der Waals surface area contributed by atoms with Gasteiger partial charge in [0.1, 0.15) is 0 Å². The van der Waals surface area contributed by atoms with Gasteiger partial charge in [0.2, 0.25) is 5.60 Å². The molecule has 3 nitrogen and oxygen atoms in total. The van der Waals surface area contributed by atoms with Crippen LogP contribution < -0.4 is 5.73 Å². The van der Waals surface area contributed by atoms with Crippen LogP contribution in [0.25, 0.3) is 0 Å². The first-order chi connectivity index (χ1) is 7.73. The molecule has 0 aliphatic rings. The van der Waals surface area contributed by atoms with Crippen LogP contribution in [-0.2, 0) is 5.60 Å². The van der Waals surface area contributed by atoms with Gasteiger partial charge in [-0.1, -0.05) is 12.1 Å². The number of benzene rings is 1. The molecule has 17 heavy (non-hydrogen) atoms. The maximum atomic E-state index is 12.9. The number of nitriles is 1. The third kappa shape index (κ3) is 2.25. The Kier molecular flexibility index (Phi) is 3.45. The van der Waals surface area contributed by atoms with Gasteiger partial charge in [-0.25, -0.2) is 0 Å². The molecule has 2 atom stereocenters. The largest absolute Gasteiger partial charge is 0.422 e. The highest BCUT2D eigenvalue weighted by atomic mass is 19.4. The van der Waals surface area contributed by atoms with Crippen LogP contribution in [0.3, 0.4) is 0 Å². The van der Waals surface area contributed by atoms with Gasteiger partial charge in [0.25, 0.3) is 0 Å². The number of rotatable bonds is 2. The zero-order valence-electron chi connectivity index (χ0n) is 8.99. The molecule has 0 radical (unpaired) electrons. The van der Waals surface area contributed by atoms with E-state index in [0.717, 1.165) is 19.1 Å². The molecular formula is C11H11F3N2O. The highest BCUT2D eigenvalue weighted by Crippen LogP contribution is 2.41. The van der Waals surface area contributed by atoms with Gasteiger partial charge in [0, 0.05) is 6.04 Å². The first-order valence-corrected chi connectivity index (χ1v) is 4.78. The smallest absolute Gasteiger partial charge is 0.375 e. The van der Waals surface area contributed by atoms with E-state index in [2.05, 4.69) is 0 Å². The summed E-state index contributed by atoms with van der Waals surface area (Å²) in [5.74, 6) is 0. The Morgan fingerprint density at radius 2 is 2.00 bits per heavy atom. The van der Waals surface area contributed by atoms with Crippen LogP contribution in [-0.4, -0.2) is 17.3 Å². The van der Waals surface area contributed by atoms with E-state index >= 15 is 0 Å². The zero-order valence-corrected chi connectivity index (χ0v) is 8.99. The molecule has 1 rings (SSSR count). The van der Waals surface area contributed by atoms with E-state index in [1.807, 2.05) is 0 Å². The highest BCUT2D eigenvalue weighted by Gasteiger charge is 2.57. The van der Waals surface area contributed by atoms with Crippen molar-refractivity contribution >= 4 is 0 Å². The van der Waals surface area contributed by atoms with E-state index in [4.69, 9.17) is 11.0 Å². The number of hydrogen-bond acceptors (Lipinski definition) is 3. The number of hydrogen-bond donors (Lipinski definition) is 2. The zero-order chi connectivity index (χ0) is 13.3. The Morgan fingerprint density at radius 1 is 1.41 bits per heavy atom. The molecular weight excluding hydrogens is 233 g/mol. The lowest BCUT2D eigenvalue weighted by Crippen LogP contribution is -2.54. The number of alkyl halides is 3. The topological polar surface area (TPSA) is 70.0 Å². The highest BCUT2D eigenvalue weighted by molar-refractivity contribution is 5.37. The van der Waals surface area contributed by atoms with E-state index in [-0.39, 0.29) is 5.56 Å². The summed E-state index contributed by atoms with van der Waals surface area (Å²) in [7, 11) is 0. The maximum Gasteiger partial charge on any atom is 0.422 e. The summed E-state index contributed by atoms with van der Waals surface area (Å²) in [4.78, 5) is 0. The summed E-state index contributed by atoms with van der Waals surface area (Å²) < 4.78 is 38.6. The second kappa shape index (κ2) is 4.35. The van der Waals surface area contributed by atoms with E-state index in [0.29, 0.717) is 0 Å². The van der Waals surface area contributed by atoms with Gasteiger partial charge in [-0.15, -0.1) is 0 Å². The average Bonchev–Trinajstić information content (AvgIpc) is 2.26. The molecule has 0 aliphatic heterocycles. The molecule has 1 aromatic rings. The summed E-state index contributed by atoms with van der Waals surface area (Å²) in [5.41, 5.74) is 1.68. The summed E-state index contributed by atoms with van der Waals surface area (Å²) in [6.07, 6.45) is -4.91. The molecule has 0 aliphatic carbocycles. The first-order valence-electron chi connectivity index (χ1n) is 4.78. The van der Waals surface area contributed by atoms with Crippen molar-refractivity contribution in [3.8, 4) is 6.07 Å². The second-order valence-corrected chi connectivity index (χ2v) is 3.75. The standard InChI is InChI=1S/C11H11F3N2O/c1-7(16)10(17,11(12,13)14)9-4-2-3-8(5-9)6-15/h2-5,7,17H,16H2,1H3. The molecule has 0 fully saturated rings. The van der Waals surface area contributed by atoms with Crippen molar-refractivity contribution < 1.29 is 18.3 Å². The number of halogens is 3. The van der Waals surface area contributed by atoms with Crippen LogP contribution in [0.2, 0.25) is 0 Å². The van der Waals surface area contributed by atoms with Crippen molar-refractivity contribution in [2.24, 2.45) is 5.73 Å². The molecule has 2 unspecified atom stereocenters. The molecule has 0 saturated heterocycles. The fourth-order valence-corrected chi connectivity index (χ4v) is 1.51. The fourth-order valence-electron chi connectivity index (χ4n) is 1.51. The molecule has 0 aromatic heterocycles. The Balaban J connectivity index is 3.39. The molecule has 3 N–H and O–H groups in total. The van der Waals surface area contributed by atoms with Crippen molar-refractivity contribution in [1.29, 1.82) is 5.26 Å². The second-order valence-electron chi connectivity index (χ2n) is 3.75. The van der Waals surface area contributed by atoms with Crippen LogP contribution in [0.15, 0.2) is 24.3 Å². The molecule has 0 spiro atoms. The summed E-state index contributed by atoms with van der Waals surface area (Å²) in [6.45, 7) is 1.06. The third-order valence-corrected chi connectivity index (χ3v) is 2.52. The number of nitrogens with two attached hydrogens (primary N) is 1. The van der Waals surface area contributed by atoms with Gasteiger partial charge in [0.15, 0.2) is 0 Å². The summed E-state index contributed by atoms with van der Waals surface area (Å²) in [5, 5.41) is 18.4. The predicted octanol–water partition coefficient (Wildman–Crippen LogP) is 1.66. The fraction of sp³-hybridized carbons (Fsp3) is 0.364. The van der Waals surface area contributed by atoms with Gasteiger partial charge in [0.05, 0.1) is 11.6 Å². The minimum absolute atomic E-state index is 0.0332. The molecule has 0 bridgehead atoms. The number of nitrogens with zero attached hydrogens (tertiary/aromatic N) is 1. The Labute approximate surface area is 96.3 Å². The van der Waals surface area contributed by atoms with Crippen molar-refractivity contribution in [3.05, 3.63) is 35.4 Å². The molecule has 0 heterocycles.